The zero-order valence-electron chi connectivity index (χ0n) is 26.3. The molecule has 8 aromatic carbocycles. The maximum Gasteiger partial charge on any atom is 0.0540 e. The normalized spacial score (nSPS) is 11.3. The first-order chi connectivity index (χ1) is 23.8. The van der Waals surface area contributed by atoms with Crippen molar-refractivity contribution in [3.05, 3.63) is 188 Å². The summed E-state index contributed by atoms with van der Waals surface area (Å²) >= 11 is 1.88. The van der Waals surface area contributed by atoms with Crippen molar-refractivity contribution >= 4 is 59.3 Å². The molecule has 9 rings (SSSR count). The molecule has 0 fully saturated rings. The van der Waals surface area contributed by atoms with Gasteiger partial charge in [0.2, 0.25) is 0 Å². The molecule has 0 aliphatic heterocycles. The Morgan fingerprint density at radius 3 is 1.77 bits per heavy atom. The van der Waals surface area contributed by atoms with Gasteiger partial charge in [-0.25, -0.2) is 0 Å². The topological polar surface area (TPSA) is 3.24 Å². The molecule has 0 bridgehead atoms. The van der Waals surface area contributed by atoms with Gasteiger partial charge in [0.15, 0.2) is 0 Å². The molecule has 1 heterocycles. The largest absolute Gasteiger partial charge is 0.310 e. The van der Waals surface area contributed by atoms with Crippen LogP contribution in [0, 0.1) is 0 Å². The second-order valence-electron chi connectivity index (χ2n) is 12.1. The van der Waals surface area contributed by atoms with E-state index in [-0.39, 0.29) is 0 Å². The summed E-state index contributed by atoms with van der Waals surface area (Å²) in [5, 5.41) is 5.06. The number of nitrogens with zero attached hydrogens (tertiary/aromatic N) is 1. The molecule has 0 aliphatic carbocycles. The Balaban J connectivity index is 1.27. The predicted molar refractivity (Wildman–Crippen MR) is 208 cm³/mol. The summed E-state index contributed by atoms with van der Waals surface area (Å²) < 4.78 is 2.64. The van der Waals surface area contributed by atoms with E-state index in [1.165, 1.54) is 64.3 Å². The average molecular weight is 630 g/mol. The Morgan fingerprint density at radius 1 is 0.354 bits per heavy atom. The fraction of sp³-hybridized carbons (Fsp3) is 0. The maximum absolute atomic E-state index is 2.41. The van der Waals surface area contributed by atoms with Crippen molar-refractivity contribution in [2.45, 2.75) is 0 Å². The lowest BCUT2D eigenvalue weighted by Gasteiger charge is -2.28. The Hall–Kier alpha value is -5.96. The summed E-state index contributed by atoms with van der Waals surface area (Å²) in [6.07, 6.45) is 0. The van der Waals surface area contributed by atoms with E-state index in [1.807, 2.05) is 11.3 Å². The molecule has 0 aliphatic rings. The van der Waals surface area contributed by atoms with Crippen LogP contribution in [-0.2, 0) is 0 Å². The van der Waals surface area contributed by atoms with Gasteiger partial charge in [-0.1, -0.05) is 152 Å². The van der Waals surface area contributed by atoms with Crippen molar-refractivity contribution in [2.24, 2.45) is 0 Å². The summed E-state index contributed by atoms with van der Waals surface area (Å²) in [5.74, 6) is 0. The number of rotatable bonds is 6. The molecule has 0 saturated heterocycles. The minimum absolute atomic E-state index is 1.12. The van der Waals surface area contributed by atoms with Gasteiger partial charge in [0.05, 0.1) is 5.69 Å². The first kappa shape index (κ1) is 28.3. The van der Waals surface area contributed by atoms with Crippen molar-refractivity contribution in [3.63, 3.8) is 0 Å². The quantitative estimate of drug-likeness (QED) is 0.177. The number of thiophene rings is 1. The van der Waals surface area contributed by atoms with Crippen LogP contribution in [0.4, 0.5) is 17.1 Å². The summed E-state index contributed by atoms with van der Waals surface area (Å²) in [4.78, 5) is 2.41. The summed E-state index contributed by atoms with van der Waals surface area (Å²) in [6.45, 7) is 0. The zero-order chi connectivity index (χ0) is 31.9. The highest BCUT2D eigenvalue weighted by Gasteiger charge is 2.20. The third-order valence-corrected chi connectivity index (χ3v) is 10.5. The van der Waals surface area contributed by atoms with Crippen LogP contribution in [0.2, 0.25) is 0 Å². The van der Waals surface area contributed by atoms with Gasteiger partial charge in [-0.2, -0.15) is 0 Å². The fourth-order valence-electron chi connectivity index (χ4n) is 6.99. The lowest BCUT2D eigenvalue weighted by molar-refractivity contribution is 1.30. The Kier molecular flexibility index (Phi) is 7.07. The molecule has 1 nitrogen and oxygen atoms in total. The average Bonchev–Trinajstić information content (AvgIpc) is 3.55. The van der Waals surface area contributed by atoms with Gasteiger partial charge in [0.1, 0.15) is 0 Å². The van der Waals surface area contributed by atoms with Crippen molar-refractivity contribution in [3.8, 4) is 33.4 Å². The van der Waals surface area contributed by atoms with Gasteiger partial charge in [0, 0.05) is 42.5 Å². The van der Waals surface area contributed by atoms with Crippen molar-refractivity contribution < 1.29 is 0 Å². The monoisotopic (exact) mass is 629 g/mol. The Morgan fingerprint density at radius 2 is 0.958 bits per heavy atom. The van der Waals surface area contributed by atoms with E-state index in [2.05, 4.69) is 193 Å². The van der Waals surface area contributed by atoms with E-state index in [1.54, 1.807) is 0 Å². The summed E-state index contributed by atoms with van der Waals surface area (Å²) in [7, 11) is 0. The fourth-order valence-corrected chi connectivity index (χ4v) is 8.22. The van der Waals surface area contributed by atoms with E-state index < -0.39 is 0 Å². The molecule has 2 heteroatoms. The number of anilines is 3. The first-order valence-corrected chi connectivity index (χ1v) is 17.2. The van der Waals surface area contributed by atoms with Crippen LogP contribution in [0.3, 0.4) is 0 Å². The molecule has 0 saturated carbocycles. The highest BCUT2D eigenvalue weighted by atomic mass is 32.1. The maximum atomic E-state index is 2.41. The second-order valence-corrected chi connectivity index (χ2v) is 13.2. The standard InChI is InChI=1S/C46H31NS/c1-3-13-32(14-4-1)33-25-27-36(28-26-33)47(44-23-11-18-34-17-7-8-19-38(34)44)37-29-30-39(43(31-37)35-15-5-2-6-16-35)41-21-12-22-42-40-20-9-10-24-45(40)48-46(41)42/h1-31H. The third kappa shape index (κ3) is 4.95. The van der Waals surface area contributed by atoms with Gasteiger partial charge < -0.3 is 4.90 Å². The molecule has 1 aromatic heterocycles. The first-order valence-electron chi connectivity index (χ1n) is 16.4. The van der Waals surface area contributed by atoms with Crippen LogP contribution in [-0.4, -0.2) is 0 Å². The third-order valence-electron chi connectivity index (χ3n) is 9.28. The molecule has 0 atom stereocenters. The molecule has 0 spiro atoms. The minimum atomic E-state index is 1.12. The Bertz CT molecular complexity index is 2540. The van der Waals surface area contributed by atoms with E-state index in [4.69, 9.17) is 0 Å². The molecular formula is C46H31NS. The van der Waals surface area contributed by atoms with E-state index in [0.29, 0.717) is 0 Å². The summed E-state index contributed by atoms with van der Waals surface area (Å²) in [5.41, 5.74) is 10.7. The van der Waals surface area contributed by atoms with E-state index >= 15 is 0 Å². The number of hydrogen-bond acceptors (Lipinski definition) is 2. The molecule has 226 valence electrons. The van der Waals surface area contributed by atoms with Crippen LogP contribution in [0.1, 0.15) is 0 Å². The van der Waals surface area contributed by atoms with Gasteiger partial charge >= 0.3 is 0 Å². The van der Waals surface area contributed by atoms with Crippen LogP contribution < -0.4 is 4.90 Å². The number of benzene rings is 8. The molecule has 0 radical (unpaired) electrons. The number of hydrogen-bond donors (Lipinski definition) is 0. The number of fused-ring (bicyclic) bond motifs is 4. The van der Waals surface area contributed by atoms with Gasteiger partial charge in [-0.3, -0.25) is 0 Å². The highest BCUT2D eigenvalue weighted by molar-refractivity contribution is 7.26. The predicted octanol–water partition coefficient (Wildman–Crippen LogP) is 13.7. The lowest BCUT2D eigenvalue weighted by Crippen LogP contribution is -2.10. The van der Waals surface area contributed by atoms with Crippen LogP contribution in [0.5, 0.6) is 0 Å². The van der Waals surface area contributed by atoms with Gasteiger partial charge in [-0.15, -0.1) is 11.3 Å². The lowest BCUT2D eigenvalue weighted by atomic mass is 9.92. The SMILES string of the molecule is c1ccc(-c2ccc(N(c3ccc(-c4cccc5c4sc4ccccc45)c(-c4ccccc4)c3)c3cccc4ccccc34)cc2)cc1. The second kappa shape index (κ2) is 12.0. The highest BCUT2D eigenvalue weighted by Crippen LogP contribution is 2.46. The minimum Gasteiger partial charge on any atom is -0.310 e. The van der Waals surface area contributed by atoms with E-state index in [0.717, 1.165) is 17.1 Å². The van der Waals surface area contributed by atoms with Crippen molar-refractivity contribution in [1.82, 2.24) is 0 Å². The van der Waals surface area contributed by atoms with Gasteiger partial charge in [0.25, 0.3) is 0 Å². The summed E-state index contributed by atoms with van der Waals surface area (Å²) in [6, 6.07) is 68.1. The smallest absolute Gasteiger partial charge is 0.0540 e. The molecule has 0 amide bonds. The van der Waals surface area contributed by atoms with Crippen molar-refractivity contribution in [2.75, 3.05) is 4.90 Å². The Labute approximate surface area is 284 Å². The van der Waals surface area contributed by atoms with E-state index in [9.17, 15) is 0 Å². The van der Waals surface area contributed by atoms with Gasteiger partial charge in [-0.05, 0) is 69.6 Å². The van der Waals surface area contributed by atoms with Crippen LogP contribution in [0.25, 0.3) is 64.3 Å². The molecular weight excluding hydrogens is 599 g/mol. The molecule has 48 heavy (non-hydrogen) atoms. The molecule has 9 aromatic rings. The van der Waals surface area contributed by atoms with Crippen LogP contribution >= 0.6 is 11.3 Å². The zero-order valence-corrected chi connectivity index (χ0v) is 27.1. The van der Waals surface area contributed by atoms with Crippen molar-refractivity contribution in [1.29, 1.82) is 0 Å². The molecule has 0 unspecified atom stereocenters. The van der Waals surface area contributed by atoms with Crippen LogP contribution in [0.15, 0.2) is 188 Å². The molecule has 0 N–H and O–H groups in total.